The van der Waals surface area contributed by atoms with Gasteiger partial charge in [-0.1, -0.05) is 37.3 Å². The highest BCUT2D eigenvalue weighted by atomic mass is 16.3. The minimum absolute atomic E-state index is 0.00737. The third kappa shape index (κ3) is 2.00. The lowest BCUT2D eigenvalue weighted by atomic mass is 9.67. The maximum absolute atomic E-state index is 12.6. The van der Waals surface area contributed by atoms with Crippen molar-refractivity contribution in [3.63, 3.8) is 0 Å². The Kier molecular flexibility index (Phi) is 3.17. The van der Waals surface area contributed by atoms with Gasteiger partial charge in [-0.3, -0.25) is 14.4 Å². The molecule has 0 bridgehead atoms. The van der Waals surface area contributed by atoms with E-state index in [9.17, 15) is 19.5 Å². The van der Waals surface area contributed by atoms with Crippen LogP contribution in [0.3, 0.4) is 0 Å². The average Bonchev–Trinajstić information content (AvgIpc) is 2.76. The third-order valence-electron chi connectivity index (χ3n) is 4.73. The van der Waals surface area contributed by atoms with E-state index in [1.54, 1.807) is 37.3 Å². The zero-order valence-corrected chi connectivity index (χ0v) is 11.7. The molecule has 1 aliphatic heterocycles. The first kappa shape index (κ1) is 13.9. The summed E-state index contributed by atoms with van der Waals surface area (Å²) < 4.78 is 0. The number of carbonyl (C=O) groups is 3. The molecule has 0 spiro atoms. The molecule has 110 valence electrons. The zero-order valence-electron chi connectivity index (χ0n) is 11.7. The summed E-state index contributed by atoms with van der Waals surface area (Å²) in [4.78, 5) is 36.6. The van der Waals surface area contributed by atoms with E-state index >= 15 is 0 Å². The number of Topliss-reactive ketones (excluding diaryl/α,β-unsaturated/α-hetero) is 2. The molecule has 0 aromatic heterocycles. The van der Waals surface area contributed by atoms with E-state index in [0.717, 1.165) is 0 Å². The summed E-state index contributed by atoms with van der Waals surface area (Å²) in [5.41, 5.74) is -1.14. The van der Waals surface area contributed by atoms with E-state index in [4.69, 9.17) is 0 Å². The lowest BCUT2D eigenvalue weighted by molar-refractivity contribution is -0.149. The molecule has 1 aromatic carbocycles. The van der Waals surface area contributed by atoms with Crippen molar-refractivity contribution < 1.29 is 19.5 Å². The summed E-state index contributed by atoms with van der Waals surface area (Å²) in [6, 6.07) is 7.77. The largest absolute Gasteiger partial charge is 0.380 e. The van der Waals surface area contributed by atoms with Crippen LogP contribution in [0, 0.1) is 11.8 Å². The van der Waals surface area contributed by atoms with Crippen LogP contribution in [0.1, 0.15) is 30.1 Å². The predicted molar refractivity (Wildman–Crippen MR) is 74.5 cm³/mol. The molecule has 5 nitrogen and oxygen atoms in total. The fraction of sp³-hybridized carbons (Fsp3) is 0.438. The molecule has 3 rings (SSSR count). The maximum Gasteiger partial charge on any atom is 0.252 e. The number of carbonyl (C=O) groups excluding carboxylic acids is 3. The number of aliphatic hydroxyl groups is 1. The predicted octanol–water partition coefficient (Wildman–Crippen LogP) is 0.714. The quantitative estimate of drug-likeness (QED) is 0.785. The topological polar surface area (TPSA) is 83.5 Å². The van der Waals surface area contributed by atoms with Crippen molar-refractivity contribution in [1.82, 2.24) is 5.32 Å². The number of fused-ring (bicyclic) bond motifs is 1. The molecule has 1 heterocycles. The summed E-state index contributed by atoms with van der Waals surface area (Å²) >= 11 is 0. The first-order valence-corrected chi connectivity index (χ1v) is 7.10. The standard InChI is InChI=1S/C16H17NO4/c1-9-11(18)7-8-16(21)12(9)13(17-15(16)20)14(19)10-5-3-2-4-6-10/h2-6,9,12-13,21H,7-8H2,1H3,(H,17,20). The molecule has 0 radical (unpaired) electrons. The van der Waals surface area contributed by atoms with Gasteiger partial charge in [-0.15, -0.1) is 0 Å². The monoisotopic (exact) mass is 287 g/mol. The number of rotatable bonds is 2. The minimum Gasteiger partial charge on any atom is -0.380 e. The van der Waals surface area contributed by atoms with Crippen molar-refractivity contribution in [1.29, 1.82) is 0 Å². The fourth-order valence-electron chi connectivity index (χ4n) is 3.52. The molecular formula is C16H17NO4. The molecule has 4 atom stereocenters. The first-order valence-electron chi connectivity index (χ1n) is 7.10. The van der Waals surface area contributed by atoms with Crippen LogP contribution in [0.25, 0.3) is 0 Å². The van der Waals surface area contributed by atoms with Gasteiger partial charge >= 0.3 is 0 Å². The summed E-state index contributed by atoms with van der Waals surface area (Å²) in [5.74, 6) is -2.01. The highest BCUT2D eigenvalue weighted by Crippen LogP contribution is 2.43. The van der Waals surface area contributed by atoms with Crippen molar-refractivity contribution in [2.45, 2.75) is 31.4 Å². The fourth-order valence-corrected chi connectivity index (χ4v) is 3.52. The van der Waals surface area contributed by atoms with Crippen LogP contribution in [0.5, 0.6) is 0 Å². The van der Waals surface area contributed by atoms with E-state index in [-0.39, 0.29) is 24.4 Å². The lowest BCUT2D eigenvalue weighted by Gasteiger charge is -2.37. The first-order chi connectivity index (χ1) is 9.95. The Labute approximate surface area is 122 Å². The third-order valence-corrected chi connectivity index (χ3v) is 4.73. The molecule has 21 heavy (non-hydrogen) atoms. The molecule has 1 saturated carbocycles. The molecule has 2 aliphatic rings. The number of amides is 1. The van der Waals surface area contributed by atoms with Gasteiger partial charge in [-0.25, -0.2) is 0 Å². The highest BCUT2D eigenvalue weighted by molar-refractivity contribution is 6.06. The highest BCUT2D eigenvalue weighted by Gasteiger charge is 2.61. The number of hydrogen-bond donors (Lipinski definition) is 2. The maximum atomic E-state index is 12.6. The molecular weight excluding hydrogens is 270 g/mol. The Morgan fingerprint density at radius 3 is 2.62 bits per heavy atom. The van der Waals surface area contributed by atoms with Crippen LogP contribution in [-0.4, -0.2) is 34.2 Å². The number of nitrogens with one attached hydrogen (secondary N) is 1. The Bertz CT molecular complexity index is 612. The van der Waals surface area contributed by atoms with Crippen LogP contribution in [0.15, 0.2) is 30.3 Å². The molecule has 2 N–H and O–H groups in total. The van der Waals surface area contributed by atoms with Gasteiger partial charge in [0, 0.05) is 23.8 Å². The van der Waals surface area contributed by atoms with E-state index in [1.165, 1.54) is 0 Å². The van der Waals surface area contributed by atoms with Gasteiger partial charge in [-0.05, 0) is 6.42 Å². The van der Waals surface area contributed by atoms with Crippen molar-refractivity contribution in [2.24, 2.45) is 11.8 Å². The molecule has 1 aliphatic carbocycles. The van der Waals surface area contributed by atoms with E-state index < -0.39 is 29.4 Å². The zero-order chi connectivity index (χ0) is 15.2. The molecule has 4 unspecified atom stereocenters. The van der Waals surface area contributed by atoms with E-state index in [1.807, 2.05) is 0 Å². The minimum atomic E-state index is -1.61. The van der Waals surface area contributed by atoms with Crippen LogP contribution < -0.4 is 5.32 Å². The van der Waals surface area contributed by atoms with Crippen LogP contribution in [0.2, 0.25) is 0 Å². The summed E-state index contributed by atoms with van der Waals surface area (Å²) in [6.07, 6.45) is 0.263. The summed E-state index contributed by atoms with van der Waals surface area (Å²) in [7, 11) is 0. The van der Waals surface area contributed by atoms with Crippen molar-refractivity contribution in [3.8, 4) is 0 Å². The SMILES string of the molecule is CC1C(=O)CCC2(O)C(=O)NC(C(=O)c3ccccc3)C12. The Balaban J connectivity index is 1.98. The van der Waals surface area contributed by atoms with E-state index in [0.29, 0.717) is 5.56 Å². The average molecular weight is 287 g/mol. The summed E-state index contributed by atoms with van der Waals surface area (Å²) in [5, 5.41) is 13.2. The van der Waals surface area contributed by atoms with Gasteiger partial charge in [0.25, 0.3) is 5.91 Å². The number of benzene rings is 1. The van der Waals surface area contributed by atoms with Gasteiger partial charge in [0.2, 0.25) is 0 Å². The van der Waals surface area contributed by atoms with Crippen LogP contribution >= 0.6 is 0 Å². The number of ketones is 2. The van der Waals surface area contributed by atoms with E-state index in [2.05, 4.69) is 5.32 Å². The molecule has 2 fully saturated rings. The lowest BCUT2D eigenvalue weighted by Crippen LogP contribution is -2.52. The Morgan fingerprint density at radius 1 is 1.29 bits per heavy atom. The van der Waals surface area contributed by atoms with Gasteiger partial charge in [0.05, 0.1) is 6.04 Å². The second kappa shape index (κ2) is 4.77. The molecule has 5 heteroatoms. The van der Waals surface area contributed by atoms with Crippen molar-refractivity contribution in [2.75, 3.05) is 0 Å². The van der Waals surface area contributed by atoms with Gasteiger partial charge in [0.15, 0.2) is 5.78 Å². The second-order valence-electron chi connectivity index (χ2n) is 5.89. The van der Waals surface area contributed by atoms with Gasteiger partial charge < -0.3 is 10.4 Å². The van der Waals surface area contributed by atoms with Crippen molar-refractivity contribution >= 4 is 17.5 Å². The Hall–Kier alpha value is -2.01. The molecule has 1 aromatic rings. The van der Waals surface area contributed by atoms with Gasteiger partial charge in [0.1, 0.15) is 11.4 Å². The normalized spacial score (nSPS) is 35.2. The Morgan fingerprint density at radius 2 is 1.95 bits per heavy atom. The van der Waals surface area contributed by atoms with Gasteiger partial charge in [-0.2, -0.15) is 0 Å². The molecule has 1 amide bonds. The van der Waals surface area contributed by atoms with Crippen molar-refractivity contribution in [3.05, 3.63) is 35.9 Å². The van der Waals surface area contributed by atoms with Crippen LogP contribution in [0.4, 0.5) is 0 Å². The second-order valence-corrected chi connectivity index (χ2v) is 5.89. The summed E-state index contributed by atoms with van der Waals surface area (Å²) in [6.45, 7) is 1.68. The molecule has 1 saturated heterocycles. The smallest absolute Gasteiger partial charge is 0.252 e. The number of hydrogen-bond acceptors (Lipinski definition) is 4. The van der Waals surface area contributed by atoms with Crippen LogP contribution in [-0.2, 0) is 9.59 Å².